The average Bonchev–Trinajstić information content (AvgIpc) is 2.76. The highest BCUT2D eigenvalue weighted by Crippen LogP contribution is 2.09. The largest absolute Gasteiger partial charge is 0.480 e. The second-order valence-corrected chi connectivity index (χ2v) is 3.91. The van der Waals surface area contributed by atoms with Crippen molar-refractivity contribution >= 4 is 23.2 Å². The summed E-state index contributed by atoms with van der Waals surface area (Å²) in [5.74, 6) is -1.31. The third-order valence-electron chi connectivity index (χ3n) is 1.95. The topological polar surface area (TPSA) is 66.8 Å². The lowest BCUT2D eigenvalue weighted by Gasteiger charge is -2.19. The normalized spacial score (nSPS) is 10.1. The molecule has 0 bridgehead atoms. The second kappa shape index (κ2) is 6.24. The van der Waals surface area contributed by atoms with Gasteiger partial charge in [0.25, 0.3) is 5.91 Å². The molecule has 0 atom stereocenters. The fraction of sp³-hybridized carbons (Fsp3) is 0.400. The molecular formula is C10H13NO4S. The first-order valence-corrected chi connectivity index (χ1v) is 5.61. The van der Waals surface area contributed by atoms with Crippen LogP contribution in [0.5, 0.6) is 0 Å². The number of carbonyl (C=O) groups is 2. The summed E-state index contributed by atoms with van der Waals surface area (Å²) in [6.45, 7) is 0.290. The van der Waals surface area contributed by atoms with Crippen molar-refractivity contribution in [1.82, 2.24) is 4.90 Å². The van der Waals surface area contributed by atoms with Crippen molar-refractivity contribution in [2.75, 3.05) is 26.8 Å². The number of hydrogen-bond acceptors (Lipinski definition) is 4. The summed E-state index contributed by atoms with van der Waals surface area (Å²) in [4.78, 5) is 23.7. The van der Waals surface area contributed by atoms with Crippen LogP contribution in [0, 0.1) is 0 Å². The Balaban J connectivity index is 2.67. The maximum absolute atomic E-state index is 11.9. The summed E-state index contributed by atoms with van der Waals surface area (Å²) in [5, 5.41) is 12.2. The van der Waals surface area contributed by atoms with E-state index in [4.69, 9.17) is 9.84 Å². The van der Waals surface area contributed by atoms with Crippen molar-refractivity contribution in [2.45, 2.75) is 0 Å². The van der Waals surface area contributed by atoms with E-state index >= 15 is 0 Å². The van der Waals surface area contributed by atoms with Crippen molar-refractivity contribution in [3.8, 4) is 0 Å². The van der Waals surface area contributed by atoms with Gasteiger partial charge in [0, 0.05) is 19.0 Å². The first-order valence-electron chi connectivity index (χ1n) is 4.67. The number of carboxylic acids is 1. The Morgan fingerprint density at radius 1 is 1.56 bits per heavy atom. The number of aliphatic carboxylic acids is 1. The zero-order valence-corrected chi connectivity index (χ0v) is 9.70. The van der Waals surface area contributed by atoms with E-state index in [9.17, 15) is 9.59 Å². The molecule has 16 heavy (non-hydrogen) atoms. The van der Waals surface area contributed by atoms with Crippen LogP contribution in [0.4, 0.5) is 0 Å². The second-order valence-electron chi connectivity index (χ2n) is 3.13. The van der Waals surface area contributed by atoms with Gasteiger partial charge in [-0.15, -0.1) is 0 Å². The Morgan fingerprint density at radius 2 is 2.31 bits per heavy atom. The lowest BCUT2D eigenvalue weighted by Crippen LogP contribution is -2.37. The molecule has 5 nitrogen and oxygen atoms in total. The van der Waals surface area contributed by atoms with E-state index in [1.165, 1.54) is 23.3 Å². The van der Waals surface area contributed by atoms with Crippen LogP contribution in [0.1, 0.15) is 10.4 Å². The Hall–Kier alpha value is -1.40. The average molecular weight is 243 g/mol. The van der Waals surface area contributed by atoms with Crippen LogP contribution >= 0.6 is 11.3 Å². The third kappa shape index (κ3) is 3.63. The highest BCUT2D eigenvalue weighted by molar-refractivity contribution is 7.08. The smallest absolute Gasteiger partial charge is 0.323 e. The molecule has 0 saturated heterocycles. The number of rotatable bonds is 6. The van der Waals surface area contributed by atoms with Crippen LogP contribution in [0.25, 0.3) is 0 Å². The van der Waals surface area contributed by atoms with Gasteiger partial charge in [-0.3, -0.25) is 9.59 Å². The molecule has 0 fully saturated rings. The predicted molar refractivity (Wildman–Crippen MR) is 59.7 cm³/mol. The van der Waals surface area contributed by atoms with Gasteiger partial charge in [0.05, 0.1) is 12.2 Å². The van der Waals surface area contributed by atoms with Crippen LogP contribution in [0.15, 0.2) is 16.8 Å². The number of methoxy groups -OCH3 is 1. The quantitative estimate of drug-likeness (QED) is 0.806. The summed E-state index contributed by atoms with van der Waals surface area (Å²) in [5.41, 5.74) is 0.516. The number of nitrogens with zero attached hydrogens (tertiary/aromatic N) is 1. The zero-order chi connectivity index (χ0) is 12.0. The molecule has 1 heterocycles. The zero-order valence-electron chi connectivity index (χ0n) is 8.88. The standard InChI is InChI=1S/C10H13NO4S/c1-15-4-3-11(6-9(12)13)10(14)8-2-5-16-7-8/h2,5,7H,3-4,6H2,1H3,(H,12,13). The molecule has 1 rings (SSSR count). The Labute approximate surface area is 97.3 Å². The summed E-state index contributed by atoms with van der Waals surface area (Å²) in [6, 6.07) is 1.68. The summed E-state index contributed by atoms with van der Waals surface area (Å²) in [6.07, 6.45) is 0. The highest BCUT2D eigenvalue weighted by atomic mass is 32.1. The van der Waals surface area contributed by atoms with Gasteiger partial charge >= 0.3 is 5.97 Å². The molecule has 0 aliphatic rings. The van der Waals surface area contributed by atoms with Gasteiger partial charge in [-0.25, -0.2) is 0 Å². The lowest BCUT2D eigenvalue weighted by atomic mass is 10.3. The minimum absolute atomic E-state index is 0.275. The van der Waals surface area contributed by atoms with Crippen LogP contribution < -0.4 is 0 Å². The van der Waals surface area contributed by atoms with Gasteiger partial charge in [0.15, 0.2) is 0 Å². The van der Waals surface area contributed by atoms with E-state index in [1.54, 1.807) is 16.8 Å². The Morgan fingerprint density at radius 3 is 2.81 bits per heavy atom. The first kappa shape index (κ1) is 12.7. The lowest BCUT2D eigenvalue weighted by molar-refractivity contribution is -0.137. The van der Waals surface area contributed by atoms with E-state index in [2.05, 4.69) is 0 Å². The third-order valence-corrected chi connectivity index (χ3v) is 2.63. The fourth-order valence-corrected chi connectivity index (χ4v) is 1.82. The van der Waals surface area contributed by atoms with E-state index in [1.807, 2.05) is 0 Å². The summed E-state index contributed by atoms with van der Waals surface area (Å²) >= 11 is 1.40. The number of carbonyl (C=O) groups excluding carboxylic acids is 1. The summed E-state index contributed by atoms with van der Waals surface area (Å²) in [7, 11) is 1.51. The van der Waals surface area contributed by atoms with E-state index in [0.717, 1.165) is 0 Å². The predicted octanol–water partition coefficient (Wildman–Crippen LogP) is 0.921. The minimum atomic E-state index is -1.03. The van der Waals surface area contributed by atoms with Crippen LogP contribution in [-0.4, -0.2) is 48.7 Å². The number of ether oxygens (including phenoxy) is 1. The Kier molecular flexibility index (Phi) is 4.94. The molecule has 1 amide bonds. The number of thiophene rings is 1. The number of amides is 1. The molecule has 0 aliphatic carbocycles. The van der Waals surface area contributed by atoms with E-state index in [0.29, 0.717) is 12.2 Å². The van der Waals surface area contributed by atoms with Gasteiger partial charge in [0.2, 0.25) is 0 Å². The molecule has 0 aromatic carbocycles. The maximum Gasteiger partial charge on any atom is 0.323 e. The van der Waals surface area contributed by atoms with E-state index in [-0.39, 0.29) is 19.0 Å². The van der Waals surface area contributed by atoms with Crippen LogP contribution in [0.2, 0.25) is 0 Å². The molecule has 0 unspecified atom stereocenters. The number of carboxylic acid groups (broad SMARTS) is 1. The monoisotopic (exact) mass is 243 g/mol. The molecule has 0 radical (unpaired) electrons. The molecule has 88 valence electrons. The Bertz CT molecular complexity index is 350. The maximum atomic E-state index is 11.9. The van der Waals surface area contributed by atoms with E-state index < -0.39 is 5.97 Å². The molecule has 1 aromatic rings. The van der Waals surface area contributed by atoms with Gasteiger partial charge < -0.3 is 14.7 Å². The van der Waals surface area contributed by atoms with Gasteiger partial charge in [-0.2, -0.15) is 11.3 Å². The molecule has 1 aromatic heterocycles. The fourth-order valence-electron chi connectivity index (χ4n) is 1.19. The molecule has 0 saturated carbocycles. The SMILES string of the molecule is COCCN(CC(=O)O)C(=O)c1ccsc1. The van der Waals surface area contributed by atoms with Crippen LogP contribution in [-0.2, 0) is 9.53 Å². The van der Waals surface area contributed by atoms with Gasteiger partial charge in [-0.05, 0) is 11.4 Å². The molecule has 1 N–H and O–H groups in total. The van der Waals surface area contributed by atoms with Crippen molar-refractivity contribution in [2.24, 2.45) is 0 Å². The van der Waals surface area contributed by atoms with Gasteiger partial charge in [-0.1, -0.05) is 0 Å². The van der Waals surface area contributed by atoms with Gasteiger partial charge in [0.1, 0.15) is 6.54 Å². The van der Waals surface area contributed by atoms with Crippen molar-refractivity contribution in [3.63, 3.8) is 0 Å². The summed E-state index contributed by atoms with van der Waals surface area (Å²) < 4.78 is 4.84. The highest BCUT2D eigenvalue weighted by Gasteiger charge is 2.18. The van der Waals surface area contributed by atoms with Crippen LogP contribution in [0.3, 0.4) is 0 Å². The van der Waals surface area contributed by atoms with Crippen molar-refractivity contribution < 1.29 is 19.4 Å². The van der Waals surface area contributed by atoms with Crippen molar-refractivity contribution in [1.29, 1.82) is 0 Å². The molecule has 0 spiro atoms. The molecule has 6 heteroatoms. The van der Waals surface area contributed by atoms with Crippen molar-refractivity contribution in [3.05, 3.63) is 22.4 Å². The first-order chi connectivity index (χ1) is 7.65. The number of hydrogen-bond donors (Lipinski definition) is 1. The minimum Gasteiger partial charge on any atom is -0.480 e. The molecule has 0 aliphatic heterocycles. The molecular weight excluding hydrogens is 230 g/mol.